The maximum atomic E-state index is 12.4. The molecule has 0 aromatic heterocycles. The fourth-order valence-electron chi connectivity index (χ4n) is 3.30. The average Bonchev–Trinajstić information content (AvgIpc) is 2.81. The summed E-state index contributed by atoms with van der Waals surface area (Å²) < 4.78 is 0. The van der Waals surface area contributed by atoms with Gasteiger partial charge in [-0.25, -0.2) is 0 Å². The Labute approximate surface area is 105 Å². The van der Waals surface area contributed by atoms with Crippen molar-refractivity contribution in [2.24, 2.45) is 11.8 Å². The van der Waals surface area contributed by atoms with Crippen LogP contribution >= 0.6 is 0 Å². The smallest absolute Gasteiger partial charge is 0.225 e. The maximum absolute atomic E-state index is 12.4. The number of rotatable bonds is 3. The quantitative estimate of drug-likeness (QED) is 0.816. The zero-order valence-electron chi connectivity index (χ0n) is 11.2. The molecule has 3 nitrogen and oxygen atoms in total. The Balaban J connectivity index is 1.84. The molecule has 98 valence electrons. The van der Waals surface area contributed by atoms with E-state index in [0.717, 1.165) is 32.0 Å². The lowest BCUT2D eigenvalue weighted by molar-refractivity contribution is -0.138. The Morgan fingerprint density at radius 1 is 1.41 bits per heavy atom. The number of hydrogen-bond donors (Lipinski definition) is 1. The minimum absolute atomic E-state index is 0.221. The highest BCUT2D eigenvalue weighted by molar-refractivity contribution is 5.79. The van der Waals surface area contributed by atoms with Crippen LogP contribution in [0.1, 0.15) is 46.0 Å². The van der Waals surface area contributed by atoms with Gasteiger partial charge in [0.2, 0.25) is 5.91 Å². The molecule has 0 radical (unpaired) electrons. The Hall–Kier alpha value is -0.570. The van der Waals surface area contributed by atoms with E-state index in [9.17, 15) is 4.79 Å². The highest BCUT2D eigenvalue weighted by Crippen LogP contribution is 2.31. The zero-order valence-corrected chi connectivity index (χ0v) is 11.2. The van der Waals surface area contributed by atoms with Gasteiger partial charge in [0.15, 0.2) is 0 Å². The van der Waals surface area contributed by atoms with Gasteiger partial charge in [-0.15, -0.1) is 0 Å². The molecule has 17 heavy (non-hydrogen) atoms. The number of nitrogens with zero attached hydrogens (tertiary/aromatic N) is 1. The van der Waals surface area contributed by atoms with E-state index in [4.69, 9.17) is 0 Å². The van der Waals surface area contributed by atoms with Crippen LogP contribution in [0.5, 0.6) is 0 Å². The standard InChI is InChI=1S/C14H26N2O/c1-11(9-13-5-3-4-6-13)14(17)16-8-7-15-10-12(16)2/h11-13,15H,3-10H2,1-2H3/t11?,12-/m0/s1. The molecule has 2 fully saturated rings. The summed E-state index contributed by atoms with van der Waals surface area (Å²) in [6.07, 6.45) is 6.53. The largest absolute Gasteiger partial charge is 0.337 e. The second-order valence-corrected chi connectivity index (χ2v) is 5.87. The van der Waals surface area contributed by atoms with Crippen molar-refractivity contribution in [2.45, 2.75) is 52.0 Å². The number of nitrogens with one attached hydrogen (secondary N) is 1. The zero-order chi connectivity index (χ0) is 12.3. The Morgan fingerprint density at radius 2 is 2.12 bits per heavy atom. The molecular weight excluding hydrogens is 212 g/mol. The van der Waals surface area contributed by atoms with Gasteiger partial charge in [0.05, 0.1) is 0 Å². The van der Waals surface area contributed by atoms with Gasteiger partial charge in [-0.2, -0.15) is 0 Å². The molecule has 1 saturated carbocycles. The highest BCUT2D eigenvalue weighted by Gasteiger charge is 2.28. The van der Waals surface area contributed by atoms with Crippen LogP contribution in [0, 0.1) is 11.8 Å². The van der Waals surface area contributed by atoms with E-state index in [2.05, 4.69) is 24.1 Å². The van der Waals surface area contributed by atoms with Crippen LogP contribution in [0.25, 0.3) is 0 Å². The summed E-state index contributed by atoms with van der Waals surface area (Å²) in [5.74, 6) is 1.41. The van der Waals surface area contributed by atoms with Crippen LogP contribution in [0.2, 0.25) is 0 Å². The average molecular weight is 238 g/mol. The first-order valence-corrected chi connectivity index (χ1v) is 7.19. The summed E-state index contributed by atoms with van der Waals surface area (Å²) >= 11 is 0. The molecule has 2 atom stereocenters. The monoisotopic (exact) mass is 238 g/mol. The molecule has 0 aromatic rings. The van der Waals surface area contributed by atoms with Gasteiger partial charge in [0.1, 0.15) is 0 Å². The molecule has 1 aliphatic carbocycles. The van der Waals surface area contributed by atoms with E-state index >= 15 is 0 Å². The third kappa shape index (κ3) is 3.21. The van der Waals surface area contributed by atoms with Gasteiger partial charge >= 0.3 is 0 Å². The predicted octanol–water partition coefficient (Wildman–Crippen LogP) is 2.02. The third-order valence-corrected chi connectivity index (χ3v) is 4.37. The van der Waals surface area contributed by atoms with Crippen LogP contribution in [-0.2, 0) is 4.79 Å². The van der Waals surface area contributed by atoms with Crippen molar-refractivity contribution in [3.63, 3.8) is 0 Å². The minimum atomic E-state index is 0.221. The molecule has 1 heterocycles. The Kier molecular flexibility index (Phi) is 4.43. The Bertz CT molecular complexity index is 261. The van der Waals surface area contributed by atoms with Crippen molar-refractivity contribution in [1.29, 1.82) is 0 Å². The van der Waals surface area contributed by atoms with Gasteiger partial charge in [-0.1, -0.05) is 32.6 Å². The predicted molar refractivity (Wildman–Crippen MR) is 69.8 cm³/mol. The van der Waals surface area contributed by atoms with Gasteiger partial charge in [-0.3, -0.25) is 4.79 Å². The highest BCUT2D eigenvalue weighted by atomic mass is 16.2. The molecule has 1 N–H and O–H groups in total. The molecule has 3 heteroatoms. The molecule has 1 amide bonds. The van der Waals surface area contributed by atoms with Gasteiger partial charge < -0.3 is 10.2 Å². The number of piperazine rings is 1. The summed E-state index contributed by atoms with van der Waals surface area (Å²) in [5, 5.41) is 3.34. The van der Waals surface area contributed by atoms with Crippen LogP contribution in [-0.4, -0.2) is 36.5 Å². The van der Waals surface area contributed by atoms with Crippen molar-refractivity contribution < 1.29 is 4.79 Å². The van der Waals surface area contributed by atoms with E-state index in [1.54, 1.807) is 0 Å². The third-order valence-electron chi connectivity index (χ3n) is 4.37. The van der Waals surface area contributed by atoms with Gasteiger partial charge in [0, 0.05) is 31.6 Å². The van der Waals surface area contributed by atoms with E-state index in [1.807, 2.05) is 0 Å². The van der Waals surface area contributed by atoms with Gasteiger partial charge in [-0.05, 0) is 19.3 Å². The second kappa shape index (κ2) is 5.85. The summed E-state index contributed by atoms with van der Waals surface area (Å²) in [6, 6.07) is 0.363. The first-order valence-electron chi connectivity index (χ1n) is 7.19. The number of carbonyl (C=O) groups is 1. The van der Waals surface area contributed by atoms with Crippen LogP contribution in [0.3, 0.4) is 0 Å². The normalized spacial score (nSPS) is 28.4. The van der Waals surface area contributed by atoms with Gasteiger partial charge in [0.25, 0.3) is 0 Å². The number of hydrogen-bond acceptors (Lipinski definition) is 2. The summed E-state index contributed by atoms with van der Waals surface area (Å²) in [4.78, 5) is 14.5. The van der Waals surface area contributed by atoms with Crippen molar-refractivity contribution in [2.75, 3.05) is 19.6 Å². The fourth-order valence-corrected chi connectivity index (χ4v) is 3.30. The maximum Gasteiger partial charge on any atom is 0.225 e. The van der Waals surface area contributed by atoms with E-state index < -0.39 is 0 Å². The first-order chi connectivity index (χ1) is 8.18. The lowest BCUT2D eigenvalue weighted by atomic mass is 9.93. The molecule has 0 aromatic carbocycles. The van der Waals surface area contributed by atoms with Crippen molar-refractivity contribution in [3.8, 4) is 0 Å². The SMILES string of the molecule is CC(CC1CCCC1)C(=O)N1CCNC[C@@H]1C. The lowest BCUT2D eigenvalue weighted by Crippen LogP contribution is -2.53. The molecule has 1 saturated heterocycles. The second-order valence-electron chi connectivity index (χ2n) is 5.87. The van der Waals surface area contributed by atoms with Crippen molar-refractivity contribution in [1.82, 2.24) is 10.2 Å². The fraction of sp³-hybridized carbons (Fsp3) is 0.929. The molecule has 0 spiro atoms. The van der Waals surface area contributed by atoms with Crippen LogP contribution in [0.4, 0.5) is 0 Å². The summed E-state index contributed by atoms with van der Waals surface area (Å²) in [5.41, 5.74) is 0. The first kappa shape index (κ1) is 12.9. The number of carbonyl (C=O) groups excluding carboxylic acids is 1. The van der Waals surface area contributed by atoms with Crippen molar-refractivity contribution >= 4 is 5.91 Å². The van der Waals surface area contributed by atoms with Crippen LogP contribution in [0.15, 0.2) is 0 Å². The molecule has 2 rings (SSSR count). The van der Waals surface area contributed by atoms with E-state index in [-0.39, 0.29) is 5.92 Å². The molecule has 1 aliphatic heterocycles. The lowest BCUT2D eigenvalue weighted by Gasteiger charge is -2.36. The summed E-state index contributed by atoms with van der Waals surface area (Å²) in [7, 11) is 0. The molecular formula is C14H26N2O. The molecule has 1 unspecified atom stereocenters. The van der Waals surface area contributed by atoms with Crippen LogP contribution < -0.4 is 5.32 Å². The number of amides is 1. The minimum Gasteiger partial charge on any atom is -0.337 e. The molecule has 0 bridgehead atoms. The Morgan fingerprint density at radius 3 is 2.76 bits per heavy atom. The van der Waals surface area contributed by atoms with E-state index in [0.29, 0.717) is 11.9 Å². The summed E-state index contributed by atoms with van der Waals surface area (Å²) in [6.45, 7) is 7.05. The topological polar surface area (TPSA) is 32.3 Å². The van der Waals surface area contributed by atoms with E-state index in [1.165, 1.54) is 25.7 Å². The van der Waals surface area contributed by atoms with Crippen molar-refractivity contribution in [3.05, 3.63) is 0 Å². The molecule has 2 aliphatic rings.